The molecule has 1 amide bonds. The van der Waals surface area contributed by atoms with Crippen LogP contribution in [-0.4, -0.2) is 56.8 Å². The topological polar surface area (TPSA) is 66.6 Å². The molecular weight excluding hydrogens is 373 g/mol. The summed E-state index contributed by atoms with van der Waals surface area (Å²) in [6.07, 6.45) is -1.42. The Kier molecular flexibility index (Phi) is 4.84. The van der Waals surface area contributed by atoms with E-state index in [9.17, 15) is 18.0 Å². The average Bonchev–Trinajstić information content (AvgIpc) is 3.17. The Hall–Kier alpha value is -3.17. The molecule has 1 saturated heterocycles. The van der Waals surface area contributed by atoms with Crippen LogP contribution in [0.2, 0.25) is 0 Å². The van der Waals surface area contributed by atoms with Crippen molar-refractivity contribution in [2.45, 2.75) is 12.8 Å². The van der Waals surface area contributed by atoms with Crippen LogP contribution in [0, 0.1) is 5.82 Å². The summed E-state index contributed by atoms with van der Waals surface area (Å²) in [5.41, 5.74) is 0.356. The Morgan fingerprint density at radius 3 is 2.64 bits per heavy atom. The average molecular weight is 390 g/mol. The number of carbonyl (C=O) groups is 1. The molecule has 3 heterocycles. The zero-order valence-electron chi connectivity index (χ0n) is 14.8. The number of aromatic nitrogens is 4. The van der Waals surface area contributed by atoms with Gasteiger partial charge in [0.2, 0.25) is 5.91 Å². The highest BCUT2D eigenvalue weighted by atomic mass is 19.3. The van der Waals surface area contributed by atoms with Crippen LogP contribution in [0.3, 0.4) is 0 Å². The smallest absolute Gasteiger partial charge is 0.266 e. The summed E-state index contributed by atoms with van der Waals surface area (Å²) in [6, 6.07) is 7.09. The number of anilines is 1. The van der Waals surface area contributed by atoms with Crippen molar-refractivity contribution in [1.29, 1.82) is 0 Å². The number of alkyl halides is 2. The molecule has 1 aliphatic heterocycles. The number of rotatable bonds is 4. The molecule has 0 unspecified atom stereocenters. The Morgan fingerprint density at radius 2 is 1.89 bits per heavy atom. The summed E-state index contributed by atoms with van der Waals surface area (Å²) in [7, 11) is 0. The third-order valence-electron chi connectivity index (χ3n) is 4.75. The van der Waals surface area contributed by atoms with Gasteiger partial charge in [-0.15, -0.1) is 15.3 Å². The van der Waals surface area contributed by atoms with Crippen molar-refractivity contribution in [3.8, 4) is 0 Å². The van der Waals surface area contributed by atoms with Crippen LogP contribution in [0.1, 0.15) is 17.6 Å². The molecule has 7 nitrogen and oxygen atoms in total. The van der Waals surface area contributed by atoms with Gasteiger partial charge >= 0.3 is 0 Å². The molecule has 3 aromatic rings. The summed E-state index contributed by atoms with van der Waals surface area (Å²) in [4.78, 5) is 16.2. The van der Waals surface area contributed by atoms with Gasteiger partial charge < -0.3 is 9.80 Å². The lowest BCUT2D eigenvalue weighted by Gasteiger charge is -2.35. The van der Waals surface area contributed by atoms with Crippen molar-refractivity contribution < 1.29 is 18.0 Å². The van der Waals surface area contributed by atoms with Crippen molar-refractivity contribution in [2.24, 2.45) is 0 Å². The second kappa shape index (κ2) is 7.45. The summed E-state index contributed by atoms with van der Waals surface area (Å²) in [6.45, 7) is 2.17. The maximum Gasteiger partial charge on any atom is 0.266 e. The minimum Gasteiger partial charge on any atom is -0.352 e. The van der Waals surface area contributed by atoms with Crippen LogP contribution in [0.25, 0.3) is 5.65 Å². The first-order chi connectivity index (χ1) is 13.5. The van der Waals surface area contributed by atoms with Gasteiger partial charge in [-0.3, -0.25) is 4.79 Å². The van der Waals surface area contributed by atoms with E-state index in [0.29, 0.717) is 37.4 Å². The molecule has 0 atom stereocenters. The van der Waals surface area contributed by atoms with Crippen LogP contribution in [0.5, 0.6) is 0 Å². The molecule has 0 bridgehead atoms. The second-order valence-corrected chi connectivity index (χ2v) is 6.53. The molecule has 146 valence electrons. The first-order valence-electron chi connectivity index (χ1n) is 8.77. The predicted molar refractivity (Wildman–Crippen MR) is 94.6 cm³/mol. The molecule has 2 aromatic heterocycles. The third-order valence-corrected chi connectivity index (χ3v) is 4.75. The summed E-state index contributed by atoms with van der Waals surface area (Å²) in [5.74, 6) is -0.370. The molecule has 1 aliphatic rings. The number of halogens is 3. The van der Waals surface area contributed by atoms with E-state index in [-0.39, 0.29) is 12.3 Å². The van der Waals surface area contributed by atoms with Gasteiger partial charge in [-0.2, -0.15) is 4.52 Å². The Morgan fingerprint density at radius 1 is 1.11 bits per heavy atom. The fraction of sp³-hybridized carbons (Fsp3) is 0.333. The molecule has 4 rings (SSSR count). The fourth-order valence-electron chi connectivity index (χ4n) is 3.23. The van der Waals surface area contributed by atoms with E-state index in [1.165, 1.54) is 12.4 Å². The van der Waals surface area contributed by atoms with E-state index in [4.69, 9.17) is 0 Å². The van der Waals surface area contributed by atoms with Crippen LogP contribution >= 0.6 is 0 Å². The van der Waals surface area contributed by atoms with E-state index >= 15 is 0 Å². The lowest BCUT2D eigenvalue weighted by atomic mass is 10.1. The predicted octanol–water partition coefficient (Wildman–Crippen LogP) is 2.09. The van der Waals surface area contributed by atoms with Crippen molar-refractivity contribution in [1.82, 2.24) is 24.7 Å². The maximum absolute atomic E-state index is 13.4. The molecule has 0 spiro atoms. The molecule has 1 aromatic carbocycles. The lowest BCUT2D eigenvalue weighted by molar-refractivity contribution is -0.130. The SMILES string of the molecule is O=C(Cc1ccc(F)c(C(F)F)c1)N1CCN(c2ccc3nncn3n2)CC1. The molecule has 1 fully saturated rings. The molecule has 0 aliphatic carbocycles. The highest BCUT2D eigenvalue weighted by Gasteiger charge is 2.23. The van der Waals surface area contributed by atoms with Gasteiger partial charge in [-0.05, 0) is 29.8 Å². The zero-order valence-corrected chi connectivity index (χ0v) is 14.8. The van der Waals surface area contributed by atoms with Crippen molar-refractivity contribution in [3.05, 3.63) is 53.6 Å². The number of benzene rings is 1. The van der Waals surface area contributed by atoms with Crippen LogP contribution in [0.4, 0.5) is 19.0 Å². The number of amides is 1. The van der Waals surface area contributed by atoms with Gasteiger partial charge in [-0.1, -0.05) is 6.07 Å². The number of carbonyl (C=O) groups excluding carboxylic acids is 1. The monoisotopic (exact) mass is 390 g/mol. The van der Waals surface area contributed by atoms with Gasteiger partial charge in [-0.25, -0.2) is 13.2 Å². The van der Waals surface area contributed by atoms with Gasteiger partial charge in [0, 0.05) is 26.2 Å². The second-order valence-electron chi connectivity index (χ2n) is 6.53. The van der Waals surface area contributed by atoms with E-state index in [2.05, 4.69) is 20.2 Å². The molecule has 0 N–H and O–H groups in total. The van der Waals surface area contributed by atoms with Gasteiger partial charge in [0.1, 0.15) is 18.0 Å². The van der Waals surface area contributed by atoms with Crippen molar-refractivity contribution >= 4 is 17.4 Å². The van der Waals surface area contributed by atoms with Gasteiger partial charge in [0.05, 0.1) is 12.0 Å². The fourth-order valence-corrected chi connectivity index (χ4v) is 3.23. The molecular formula is C18H17F3N6O. The number of hydrogen-bond acceptors (Lipinski definition) is 5. The van der Waals surface area contributed by atoms with E-state index < -0.39 is 17.8 Å². The number of hydrogen-bond donors (Lipinski definition) is 0. The van der Waals surface area contributed by atoms with Crippen molar-refractivity contribution in [2.75, 3.05) is 31.1 Å². The summed E-state index contributed by atoms with van der Waals surface area (Å²) < 4.78 is 40.6. The van der Waals surface area contributed by atoms with Crippen LogP contribution < -0.4 is 4.90 Å². The lowest BCUT2D eigenvalue weighted by Crippen LogP contribution is -2.49. The van der Waals surface area contributed by atoms with Crippen molar-refractivity contribution in [3.63, 3.8) is 0 Å². The normalized spacial score (nSPS) is 14.9. The molecule has 10 heteroatoms. The van der Waals surface area contributed by atoms with Crippen LogP contribution in [-0.2, 0) is 11.2 Å². The van der Waals surface area contributed by atoms with Gasteiger partial charge in [0.15, 0.2) is 5.65 Å². The molecule has 28 heavy (non-hydrogen) atoms. The Balaban J connectivity index is 1.38. The minimum absolute atomic E-state index is 0.0368. The van der Waals surface area contributed by atoms with Crippen LogP contribution in [0.15, 0.2) is 36.7 Å². The molecule has 0 radical (unpaired) electrons. The Labute approximate surface area is 158 Å². The first-order valence-corrected chi connectivity index (χ1v) is 8.77. The Bertz CT molecular complexity index is 1000. The third kappa shape index (κ3) is 3.62. The number of fused-ring (bicyclic) bond motifs is 1. The first kappa shape index (κ1) is 18.2. The highest BCUT2D eigenvalue weighted by Crippen LogP contribution is 2.23. The van der Waals surface area contributed by atoms with E-state index in [0.717, 1.165) is 18.0 Å². The highest BCUT2D eigenvalue weighted by molar-refractivity contribution is 5.79. The largest absolute Gasteiger partial charge is 0.352 e. The maximum atomic E-state index is 13.4. The number of piperazine rings is 1. The van der Waals surface area contributed by atoms with E-state index in [1.54, 1.807) is 9.42 Å². The summed E-state index contributed by atoms with van der Waals surface area (Å²) in [5, 5.41) is 12.1. The van der Waals surface area contributed by atoms with E-state index in [1.807, 2.05) is 12.1 Å². The quantitative estimate of drug-likeness (QED) is 0.683. The number of nitrogens with zero attached hydrogens (tertiary/aromatic N) is 6. The molecule has 0 saturated carbocycles. The van der Waals surface area contributed by atoms with Gasteiger partial charge in [0.25, 0.3) is 6.43 Å². The summed E-state index contributed by atoms with van der Waals surface area (Å²) >= 11 is 0. The minimum atomic E-state index is -2.91. The standard InChI is InChI=1S/C18H17F3N6O/c19-14-2-1-12(9-13(14)18(20)21)10-17(28)26-7-5-25(6-8-26)16-4-3-15-23-22-11-27(15)24-16/h1-4,9,11,18H,5-8,10H2. The zero-order chi connectivity index (χ0) is 19.7.